The van der Waals surface area contributed by atoms with Gasteiger partial charge in [0, 0.05) is 29.3 Å². The zero-order valence-electron chi connectivity index (χ0n) is 11.1. The Balaban J connectivity index is 1.91. The molecular formula is C15H19BrN2O. The first-order chi connectivity index (χ1) is 9.28. The van der Waals surface area contributed by atoms with Gasteiger partial charge in [-0.2, -0.15) is 0 Å². The Morgan fingerprint density at radius 2 is 2.32 bits per heavy atom. The second kappa shape index (κ2) is 7.46. The Morgan fingerprint density at radius 1 is 1.42 bits per heavy atom. The Labute approximate surface area is 122 Å². The smallest absolute Gasteiger partial charge is 0.103 e. The van der Waals surface area contributed by atoms with Crippen molar-refractivity contribution in [1.29, 1.82) is 0 Å². The molecule has 0 bridgehead atoms. The van der Waals surface area contributed by atoms with Crippen LogP contribution >= 0.6 is 15.9 Å². The van der Waals surface area contributed by atoms with E-state index in [-0.39, 0.29) is 0 Å². The summed E-state index contributed by atoms with van der Waals surface area (Å²) in [5, 5.41) is 3.53. The molecule has 1 atom stereocenters. The summed E-state index contributed by atoms with van der Waals surface area (Å²) in [6.07, 6.45) is 8.49. The molecule has 1 N–H and O–H groups in total. The van der Waals surface area contributed by atoms with Gasteiger partial charge in [0.15, 0.2) is 0 Å². The minimum absolute atomic E-state index is 0.450. The third kappa shape index (κ3) is 4.80. The third-order valence-corrected chi connectivity index (χ3v) is 3.49. The van der Waals surface area contributed by atoms with Crippen LogP contribution in [0.5, 0.6) is 0 Å². The van der Waals surface area contributed by atoms with E-state index in [1.54, 1.807) is 6.26 Å². The number of nitrogens with one attached hydrogen (secondary N) is 1. The minimum atomic E-state index is 0.450. The van der Waals surface area contributed by atoms with E-state index in [0.717, 1.165) is 36.0 Å². The first-order valence-electron chi connectivity index (χ1n) is 6.63. The molecule has 2 aromatic heterocycles. The normalized spacial score (nSPS) is 12.5. The average Bonchev–Trinajstić information content (AvgIpc) is 2.89. The molecule has 2 aromatic rings. The summed E-state index contributed by atoms with van der Waals surface area (Å²) >= 11 is 3.46. The van der Waals surface area contributed by atoms with E-state index < -0.39 is 0 Å². The molecule has 0 spiro atoms. The van der Waals surface area contributed by atoms with Gasteiger partial charge >= 0.3 is 0 Å². The van der Waals surface area contributed by atoms with E-state index in [1.807, 2.05) is 24.5 Å². The van der Waals surface area contributed by atoms with E-state index in [2.05, 4.69) is 39.2 Å². The van der Waals surface area contributed by atoms with Gasteiger partial charge in [0.05, 0.1) is 6.26 Å². The molecule has 0 aliphatic rings. The number of halogens is 1. The van der Waals surface area contributed by atoms with Gasteiger partial charge in [-0.15, -0.1) is 0 Å². The molecule has 4 heteroatoms. The molecule has 0 aromatic carbocycles. The van der Waals surface area contributed by atoms with Gasteiger partial charge in [0.1, 0.15) is 5.76 Å². The topological polar surface area (TPSA) is 38.1 Å². The van der Waals surface area contributed by atoms with Gasteiger partial charge in [-0.1, -0.05) is 6.92 Å². The van der Waals surface area contributed by atoms with E-state index >= 15 is 0 Å². The Morgan fingerprint density at radius 3 is 3.00 bits per heavy atom. The molecule has 0 aliphatic carbocycles. The van der Waals surface area contributed by atoms with Gasteiger partial charge < -0.3 is 9.73 Å². The predicted molar refractivity (Wildman–Crippen MR) is 80.1 cm³/mol. The minimum Gasteiger partial charge on any atom is -0.469 e. The lowest BCUT2D eigenvalue weighted by molar-refractivity contribution is 0.447. The van der Waals surface area contributed by atoms with Gasteiger partial charge in [-0.05, 0) is 59.1 Å². The Bertz CT molecular complexity index is 485. The van der Waals surface area contributed by atoms with Crippen LogP contribution in [0.2, 0.25) is 0 Å². The highest BCUT2D eigenvalue weighted by atomic mass is 79.9. The standard InChI is InChI=1S/C15H19BrN2O/c1-2-18-14(5-6-15-4-3-7-19-15)9-12-8-13(16)11-17-10-12/h3-4,7-8,10-11,14,18H,2,5-6,9H2,1H3. The fraction of sp³-hybridized carbons (Fsp3) is 0.400. The lowest BCUT2D eigenvalue weighted by atomic mass is 10.0. The molecule has 19 heavy (non-hydrogen) atoms. The zero-order chi connectivity index (χ0) is 13.5. The highest BCUT2D eigenvalue weighted by molar-refractivity contribution is 9.10. The molecule has 3 nitrogen and oxygen atoms in total. The molecule has 0 aliphatic heterocycles. The number of rotatable bonds is 7. The van der Waals surface area contributed by atoms with Crippen molar-refractivity contribution >= 4 is 15.9 Å². The van der Waals surface area contributed by atoms with Crippen molar-refractivity contribution in [2.24, 2.45) is 0 Å². The lowest BCUT2D eigenvalue weighted by Gasteiger charge is -2.17. The first-order valence-corrected chi connectivity index (χ1v) is 7.42. The van der Waals surface area contributed by atoms with Crippen molar-refractivity contribution in [2.75, 3.05) is 6.54 Å². The molecule has 0 radical (unpaired) electrons. The largest absolute Gasteiger partial charge is 0.469 e. The van der Waals surface area contributed by atoms with E-state index in [9.17, 15) is 0 Å². The Hall–Kier alpha value is -1.13. The van der Waals surface area contributed by atoms with Crippen LogP contribution in [0.4, 0.5) is 0 Å². The number of nitrogens with zero attached hydrogens (tertiary/aromatic N) is 1. The van der Waals surface area contributed by atoms with Crippen molar-refractivity contribution in [3.05, 3.63) is 52.7 Å². The second-order valence-corrected chi connectivity index (χ2v) is 5.50. The van der Waals surface area contributed by atoms with Crippen molar-refractivity contribution in [1.82, 2.24) is 10.3 Å². The van der Waals surface area contributed by atoms with E-state index in [4.69, 9.17) is 4.42 Å². The van der Waals surface area contributed by atoms with Crippen LogP contribution in [0.3, 0.4) is 0 Å². The highest BCUT2D eigenvalue weighted by Crippen LogP contribution is 2.14. The summed E-state index contributed by atoms with van der Waals surface area (Å²) in [5.41, 5.74) is 1.25. The highest BCUT2D eigenvalue weighted by Gasteiger charge is 2.10. The van der Waals surface area contributed by atoms with Crippen LogP contribution < -0.4 is 5.32 Å². The van der Waals surface area contributed by atoms with Crippen LogP contribution in [0.1, 0.15) is 24.7 Å². The quantitative estimate of drug-likeness (QED) is 0.846. The van der Waals surface area contributed by atoms with Crippen LogP contribution in [0, 0.1) is 0 Å². The zero-order valence-corrected chi connectivity index (χ0v) is 12.7. The summed E-state index contributed by atoms with van der Waals surface area (Å²) in [5.74, 6) is 1.05. The fourth-order valence-electron chi connectivity index (χ4n) is 2.19. The predicted octanol–water partition coefficient (Wildman–Crippen LogP) is 3.59. The van der Waals surface area contributed by atoms with E-state index in [0.29, 0.717) is 6.04 Å². The maximum absolute atomic E-state index is 5.38. The van der Waals surface area contributed by atoms with Gasteiger partial charge in [-0.3, -0.25) is 4.98 Å². The maximum Gasteiger partial charge on any atom is 0.103 e. The molecule has 0 fully saturated rings. The summed E-state index contributed by atoms with van der Waals surface area (Å²) in [7, 11) is 0. The number of aromatic nitrogens is 1. The fourth-order valence-corrected chi connectivity index (χ4v) is 2.60. The number of likely N-dealkylation sites (N-methyl/N-ethyl adjacent to an activating group) is 1. The lowest BCUT2D eigenvalue weighted by Crippen LogP contribution is -2.31. The number of hydrogen-bond acceptors (Lipinski definition) is 3. The summed E-state index contributed by atoms with van der Waals surface area (Å²) in [4.78, 5) is 4.21. The van der Waals surface area contributed by atoms with Crippen molar-refractivity contribution in [2.45, 2.75) is 32.2 Å². The molecule has 2 rings (SSSR count). The number of hydrogen-bond donors (Lipinski definition) is 1. The van der Waals surface area contributed by atoms with Crippen molar-refractivity contribution in [3.8, 4) is 0 Å². The molecule has 2 heterocycles. The SMILES string of the molecule is CCNC(CCc1ccco1)Cc1cncc(Br)c1. The molecule has 0 saturated carbocycles. The maximum atomic E-state index is 5.38. The number of aryl methyl sites for hydroxylation is 1. The number of pyridine rings is 1. The molecule has 102 valence electrons. The molecular weight excluding hydrogens is 304 g/mol. The van der Waals surface area contributed by atoms with Crippen LogP contribution in [-0.2, 0) is 12.8 Å². The van der Waals surface area contributed by atoms with Crippen LogP contribution in [-0.4, -0.2) is 17.6 Å². The summed E-state index contributed by atoms with van der Waals surface area (Å²) < 4.78 is 6.42. The second-order valence-electron chi connectivity index (χ2n) is 4.59. The average molecular weight is 323 g/mol. The van der Waals surface area contributed by atoms with Gasteiger partial charge in [0.2, 0.25) is 0 Å². The molecule has 0 saturated heterocycles. The molecule has 0 amide bonds. The van der Waals surface area contributed by atoms with Crippen molar-refractivity contribution in [3.63, 3.8) is 0 Å². The van der Waals surface area contributed by atoms with Gasteiger partial charge in [0.25, 0.3) is 0 Å². The third-order valence-electron chi connectivity index (χ3n) is 3.06. The number of furan rings is 1. The van der Waals surface area contributed by atoms with Gasteiger partial charge in [-0.25, -0.2) is 0 Å². The summed E-state index contributed by atoms with van der Waals surface area (Å²) in [6, 6.07) is 6.55. The van der Waals surface area contributed by atoms with Crippen molar-refractivity contribution < 1.29 is 4.42 Å². The summed E-state index contributed by atoms with van der Waals surface area (Å²) in [6.45, 7) is 3.11. The first kappa shape index (κ1) is 14.3. The van der Waals surface area contributed by atoms with Crippen LogP contribution in [0.15, 0.2) is 45.7 Å². The Kier molecular flexibility index (Phi) is 5.61. The van der Waals surface area contributed by atoms with Crippen LogP contribution in [0.25, 0.3) is 0 Å². The molecule has 1 unspecified atom stereocenters. The van der Waals surface area contributed by atoms with E-state index in [1.165, 1.54) is 5.56 Å². The monoisotopic (exact) mass is 322 g/mol.